The third-order valence-corrected chi connectivity index (χ3v) is 3.27. The quantitative estimate of drug-likeness (QED) is 0.822. The van der Waals surface area contributed by atoms with E-state index in [0.717, 1.165) is 32.8 Å². The fraction of sp³-hybridized carbons (Fsp3) is 0.533. The van der Waals surface area contributed by atoms with Crippen molar-refractivity contribution >= 4 is 5.97 Å². The number of hydrogen-bond donors (Lipinski definition) is 1. The topological polar surface area (TPSA) is 68.2 Å². The van der Waals surface area contributed by atoms with Crippen LogP contribution in [0.5, 0.6) is 11.5 Å². The van der Waals surface area contributed by atoms with Gasteiger partial charge in [0.1, 0.15) is 12.2 Å². The van der Waals surface area contributed by atoms with Crippen LogP contribution in [0.1, 0.15) is 17.3 Å². The number of carbonyl (C=O) groups is 1. The number of morpholine rings is 1. The molecule has 1 aromatic carbocycles. The summed E-state index contributed by atoms with van der Waals surface area (Å²) in [5.41, 5.74) is 0.128. The molecule has 116 valence electrons. The lowest BCUT2D eigenvalue weighted by atomic mass is 10.2. The molecule has 0 aromatic heterocycles. The predicted molar refractivity (Wildman–Crippen MR) is 77.3 cm³/mol. The molecule has 1 heterocycles. The van der Waals surface area contributed by atoms with Crippen LogP contribution in [0.15, 0.2) is 18.2 Å². The maximum absolute atomic E-state index is 11.3. The fourth-order valence-electron chi connectivity index (χ4n) is 2.20. The first-order chi connectivity index (χ1) is 10.2. The molecule has 0 bridgehead atoms. The third kappa shape index (κ3) is 4.34. The molecule has 21 heavy (non-hydrogen) atoms. The highest BCUT2D eigenvalue weighted by Gasteiger charge is 2.17. The van der Waals surface area contributed by atoms with Crippen LogP contribution in [0.25, 0.3) is 0 Å². The summed E-state index contributed by atoms with van der Waals surface area (Å²) in [6.07, 6.45) is 0. The van der Waals surface area contributed by atoms with Crippen LogP contribution in [0.2, 0.25) is 0 Å². The molecule has 0 saturated carbocycles. The van der Waals surface area contributed by atoms with Gasteiger partial charge >= 0.3 is 5.97 Å². The van der Waals surface area contributed by atoms with E-state index in [-0.39, 0.29) is 5.56 Å². The summed E-state index contributed by atoms with van der Waals surface area (Å²) >= 11 is 0. The molecule has 0 unspecified atom stereocenters. The molecule has 6 nitrogen and oxygen atoms in total. The number of carboxylic acids is 1. The first-order valence-electron chi connectivity index (χ1n) is 7.14. The average molecular weight is 295 g/mol. The van der Waals surface area contributed by atoms with Crippen molar-refractivity contribution in [3.05, 3.63) is 23.8 Å². The highest BCUT2D eigenvalue weighted by atomic mass is 16.5. The molecule has 0 atom stereocenters. The summed E-state index contributed by atoms with van der Waals surface area (Å²) in [4.78, 5) is 13.5. The van der Waals surface area contributed by atoms with E-state index in [1.54, 1.807) is 12.1 Å². The van der Waals surface area contributed by atoms with Gasteiger partial charge in [0.25, 0.3) is 0 Å². The number of para-hydroxylation sites is 1. The van der Waals surface area contributed by atoms with Gasteiger partial charge in [-0.05, 0) is 19.1 Å². The Hall–Kier alpha value is -1.79. The third-order valence-electron chi connectivity index (χ3n) is 3.27. The fourth-order valence-corrected chi connectivity index (χ4v) is 2.20. The zero-order valence-electron chi connectivity index (χ0n) is 12.2. The van der Waals surface area contributed by atoms with Gasteiger partial charge < -0.3 is 19.3 Å². The van der Waals surface area contributed by atoms with Gasteiger partial charge in [-0.3, -0.25) is 4.90 Å². The van der Waals surface area contributed by atoms with Gasteiger partial charge in [0.05, 0.1) is 19.8 Å². The molecule has 1 aliphatic rings. The van der Waals surface area contributed by atoms with Gasteiger partial charge in [-0.2, -0.15) is 0 Å². The van der Waals surface area contributed by atoms with Gasteiger partial charge in [0.15, 0.2) is 11.5 Å². The van der Waals surface area contributed by atoms with E-state index in [0.29, 0.717) is 24.7 Å². The lowest BCUT2D eigenvalue weighted by Crippen LogP contribution is -2.38. The van der Waals surface area contributed by atoms with Crippen molar-refractivity contribution in [2.45, 2.75) is 6.92 Å². The van der Waals surface area contributed by atoms with Crippen LogP contribution in [-0.4, -0.2) is 62.0 Å². The predicted octanol–water partition coefficient (Wildman–Crippen LogP) is 1.49. The number of hydrogen-bond acceptors (Lipinski definition) is 5. The highest BCUT2D eigenvalue weighted by molar-refractivity contribution is 5.92. The molecule has 1 fully saturated rings. The van der Waals surface area contributed by atoms with Crippen LogP contribution >= 0.6 is 0 Å². The molecule has 0 spiro atoms. The Morgan fingerprint density at radius 1 is 1.33 bits per heavy atom. The minimum Gasteiger partial charge on any atom is -0.490 e. The van der Waals surface area contributed by atoms with Crippen molar-refractivity contribution in [2.24, 2.45) is 0 Å². The molecule has 2 rings (SSSR count). The van der Waals surface area contributed by atoms with E-state index in [4.69, 9.17) is 14.2 Å². The number of carboxylic acid groups (broad SMARTS) is 1. The summed E-state index contributed by atoms with van der Waals surface area (Å²) in [6, 6.07) is 4.90. The first kappa shape index (κ1) is 15.6. The summed E-state index contributed by atoms with van der Waals surface area (Å²) in [6.45, 7) is 6.69. The Morgan fingerprint density at radius 2 is 2.10 bits per heavy atom. The Balaban J connectivity index is 2.00. The van der Waals surface area contributed by atoms with Crippen molar-refractivity contribution < 1.29 is 24.1 Å². The van der Waals surface area contributed by atoms with Gasteiger partial charge in [-0.15, -0.1) is 0 Å². The van der Waals surface area contributed by atoms with Gasteiger partial charge in [0.2, 0.25) is 0 Å². The second-order valence-corrected chi connectivity index (χ2v) is 4.67. The standard InChI is InChI=1S/C15H21NO5/c1-2-20-13-5-3-4-12(15(17)18)14(13)21-11-8-16-6-9-19-10-7-16/h3-5H,2,6-11H2,1H3,(H,17,18). The number of nitrogens with zero attached hydrogens (tertiary/aromatic N) is 1. The largest absolute Gasteiger partial charge is 0.490 e. The number of ether oxygens (including phenoxy) is 3. The maximum Gasteiger partial charge on any atom is 0.339 e. The average Bonchev–Trinajstić information content (AvgIpc) is 2.49. The smallest absolute Gasteiger partial charge is 0.339 e. The summed E-state index contributed by atoms with van der Waals surface area (Å²) in [7, 11) is 0. The van der Waals surface area contributed by atoms with Crippen LogP contribution in [-0.2, 0) is 4.74 Å². The molecule has 1 saturated heterocycles. The number of benzene rings is 1. The van der Waals surface area contributed by atoms with Crippen molar-refractivity contribution in [1.29, 1.82) is 0 Å². The summed E-state index contributed by atoms with van der Waals surface area (Å²) < 4.78 is 16.4. The number of rotatable bonds is 7. The van der Waals surface area contributed by atoms with E-state index in [1.165, 1.54) is 6.07 Å². The Morgan fingerprint density at radius 3 is 2.76 bits per heavy atom. The Kier molecular flexibility index (Phi) is 5.83. The Bertz CT molecular complexity index is 471. The second-order valence-electron chi connectivity index (χ2n) is 4.67. The lowest BCUT2D eigenvalue weighted by Gasteiger charge is -2.26. The Labute approximate surface area is 124 Å². The first-order valence-corrected chi connectivity index (χ1v) is 7.14. The molecule has 1 aromatic rings. The minimum absolute atomic E-state index is 0.128. The molecule has 1 aliphatic heterocycles. The molecule has 0 radical (unpaired) electrons. The normalized spacial score (nSPS) is 15.7. The molecule has 6 heteroatoms. The van der Waals surface area contributed by atoms with E-state index >= 15 is 0 Å². The van der Waals surface area contributed by atoms with Crippen LogP contribution in [0, 0.1) is 0 Å². The molecule has 0 aliphatic carbocycles. The van der Waals surface area contributed by atoms with Crippen LogP contribution in [0.3, 0.4) is 0 Å². The van der Waals surface area contributed by atoms with E-state index in [1.807, 2.05) is 6.92 Å². The van der Waals surface area contributed by atoms with Gasteiger partial charge in [0, 0.05) is 19.6 Å². The molecular formula is C15H21NO5. The SMILES string of the molecule is CCOc1cccc(C(=O)O)c1OCCN1CCOCC1. The maximum atomic E-state index is 11.3. The van der Waals surface area contributed by atoms with Crippen molar-refractivity contribution in [3.8, 4) is 11.5 Å². The van der Waals surface area contributed by atoms with Crippen LogP contribution < -0.4 is 9.47 Å². The van der Waals surface area contributed by atoms with E-state index < -0.39 is 5.97 Å². The summed E-state index contributed by atoms with van der Waals surface area (Å²) in [5, 5.41) is 9.24. The van der Waals surface area contributed by atoms with Crippen molar-refractivity contribution in [1.82, 2.24) is 4.90 Å². The zero-order chi connectivity index (χ0) is 15.1. The number of aromatic carboxylic acids is 1. The van der Waals surface area contributed by atoms with Crippen LogP contribution in [0.4, 0.5) is 0 Å². The zero-order valence-corrected chi connectivity index (χ0v) is 12.2. The molecule has 1 N–H and O–H groups in total. The monoisotopic (exact) mass is 295 g/mol. The molecule has 0 amide bonds. The highest BCUT2D eigenvalue weighted by Crippen LogP contribution is 2.31. The summed E-state index contributed by atoms with van der Waals surface area (Å²) in [5.74, 6) is -0.239. The lowest BCUT2D eigenvalue weighted by molar-refractivity contribution is 0.0319. The minimum atomic E-state index is -1.02. The molecular weight excluding hydrogens is 274 g/mol. The van der Waals surface area contributed by atoms with Crippen molar-refractivity contribution in [2.75, 3.05) is 46.1 Å². The van der Waals surface area contributed by atoms with E-state index in [9.17, 15) is 9.90 Å². The van der Waals surface area contributed by atoms with Gasteiger partial charge in [-0.1, -0.05) is 6.07 Å². The van der Waals surface area contributed by atoms with Crippen molar-refractivity contribution in [3.63, 3.8) is 0 Å². The van der Waals surface area contributed by atoms with E-state index in [2.05, 4.69) is 4.90 Å². The second kappa shape index (κ2) is 7.85. The van der Waals surface area contributed by atoms with Gasteiger partial charge in [-0.25, -0.2) is 4.79 Å².